The highest BCUT2D eigenvalue weighted by atomic mass is 32.2. The van der Waals surface area contributed by atoms with Crippen molar-refractivity contribution >= 4 is 27.5 Å². The monoisotopic (exact) mass is 403 g/mol. The molecule has 28 heavy (non-hydrogen) atoms. The zero-order chi connectivity index (χ0) is 20.7. The van der Waals surface area contributed by atoms with E-state index in [9.17, 15) is 18.0 Å². The molecule has 2 amide bonds. The molecule has 0 saturated carbocycles. The number of anilines is 1. The van der Waals surface area contributed by atoms with Crippen molar-refractivity contribution < 1.29 is 18.0 Å². The molecule has 2 aromatic rings. The van der Waals surface area contributed by atoms with Crippen LogP contribution < -0.4 is 10.6 Å². The van der Waals surface area contributed by atoms with Gasteiger partial charge in [-0.05, 0) is 37.6 Å². The summed E-state index contributed by atoms with van der Waals surface area (Å²) in [6.07, 6.45) is 0.780. The Morgan fingerprint density at radius 3 is 2.29 bits per heavy atom. The maximum atomic E-state index is 12.5. The Kier molecular flexibility index (Phi) is 7.31. The number of benzene rings is 2. The van der Waals surface area contributed by atoms with Crippen molar-refractivity contribution in [3.05, 3.63) is 60.2 Å². The average molecular weight is 404 g/mol. The van der Waals surface area contributed by atoms with Crippen molar-refractivity contribution in [2.75, 3.05) is 18.9 Å². The summed E-state index contributed by atoms with van der Waals surface area (Å²) in [5, 5.41) is 5.48. The minimum atomic E-state index is -3.78. The molecule has 150 valence electrons. The average Bonchev–Trinajstić information content (AvgIpc) is 2.68. The molecule has 8 heteroatoms. The predicted octanol–water partition coefficient (Wildman–Crippen LogP) is 2.47. The molecule has 7 nitrogen and oxygen atoms in total. The molecule has 0 fully saturated rings. The van der Waals surface area contributed by atoms with E-state index in [1.54, 1.807) is 42.5 Å². The van der Waals surface area contributed by atoms with Crippen molar-refractivity contribution in [1.29, 1.82) is 0 Å². The summed E-state index contributed by atoms with van der Waals surface area (Å²) in [5.74, 6) is -0.832. The third kappa shape index (κ3) is 5.40. The van der Waals surface area contributed by atoms with E-state index < -0.39 is 15.9 Å². The molecule has 0 radical (unpaired) electrons. The van der Waals surface area contributed by atoms with E-state index in [2.05, 4.69) is 10.6 Å². The van der Waals surface area contributed by atoms with Gasteiger partial charge < -0.3 is 10.6 Å². The van der Waals surface area contributed by atoms with Crippen LogP contribution in [0.15, 0.2) is 59.5 Å². The van der Waals surface area contributed by atoms with Crippen LogP contribution >= 0.6 is 0 Å². The number of para-hydroxylation sites is 1. The van der Waals surface area contributed by atoms with Crippen LogP contribution in [0.2, 0.25) is 0 Å². The van der Waals surface area contributed by atoms with Crippen molar-refractivity contribution in [3.8, 4) is 0 Å². The van der Waals surface area contributed by atoms with E-state index in [4.69, 9.17) is 0 Å². The SMILES string of the molecule is CC[C@H](C)NC(=O)c1ccccc1NC(=O)CN(C)S(=O)(=O)c1ccccc1. The fraction of sp³-hybridized carbons (Fsp3) is 0.300. The highest BCUT2D eigenvalue weighted by Gasteiger charge is 2.23. The van der Waals surface area contributed by atoms with Gasteiger partial charge in [0, 0.05) is 13.1 Å². The van der Waals surface area contributed by atoms with Gasteiger partial charge in [0.25, 0.3) is 5.91 Å². The molecular formula is C20H25N3O4S. The van der Waals surface area contributed by atoms with Gasteiger partial charge in [0.15, 0.2) is 0 Å². The Balaban J connectivity index is 2.10. The van der Waals surface area contributed by atoms with Gasteiger partial charge in [0.2, 0.25) is 15.9 Å². The molecule has 0 spiro atoms. The van der Waals surface area contributed by atoms with Gasteiger partial charge >= 0.3 is 0 Å². The number of nitrogens with zero attached hydrogens (tertiary/aromatic N) is 1. The van der Waals surface area contributed by atoms with Gasteiger partial charge in [0.05, 0.1) is 22.7 Å². The number of likely N-dealkylation sites (N-methyl/N-ethyl adjacent to an activating group) is 1. The van der Waals surface area contributed by atoms with E-state index in [1.807, 2.05) is 13.8 Å². The maximum absolute atomic E-state index is 12.5. The number of carbonyl (C=O) groups excluding carboxylic acids is 2. The number of nitrogens with one attached hydrogen (secondary N) is 2. The van der Waals surface area contributed by atoms with E-state index in [1.165, 1.54) is 19.2 Å². The predicted molar refractivity (Wildman–Crippen MR) is 109 cm³/mol. The number of rotatable bonds is 8. The Labute approximate surface area is 165 Å². The number of carbonyl (C=O) groups is 2. The minimum absolute atomic E-state index is 0.00148. The topological polar surface area (TPSA) is 95.6 Å². The van der Waals surface area contributed by atoms with Crippen molar-refractivity contribution in [3.63, 3.8) is 0 Å². The second kappa shape index (κ2) is 9.48. The number of hydrogen-bond acceptors (Lipinski definition) is 4. The smallest absolute Gasteiger partial charge is 0.253 e. The normalized spacial score (nSPS) is 12.4. The van der Waals surface area contributed by atoms with E-state index in [0.717, 1.165) is 10.7 Å². The molecule has 0 saturated heterocycles. The summed E-state index contributed by atoms with van der Waals surface area (Å²) < 4.78 is 26.0. The third-order valence-corrected chi connectivity index (χ3v) is 6.07. The molecule has 0 aromatic heterocycles. The standard InChI is InChI=1S/C20H25N3O4S/c1-4-15(2)21-20(25)17-12-8-9-13-18(17)22-19(24)14-23(3)28(26,27)16-10-6-5-7-11-16/h5-13,15H,4,14H2,1-3H3,(H,21,25)(H,22,24)/t15-/m0/s1. The third-order valence-electron chi connectivity index (χ3n) is 4.25. The summed E-state index contributed by atoms with van der Waals surface area (Å²) in [4.78, 5) is 24.9. The Bertz CT molecular complexity index is 929. The minimum Gasteiger partial charge on any atom is -0.350 e. The van der Waals surface area contributed by atoms with Gasteiger partial charge in [-0.3, -0.25) is 9.59 Å². The van der Waals surface area contributed by atoms with Crippen LogP contribution in [-0.4, -0.2) is 44.2 Å². The second-order valence-electron chi connectivity index (χ2n) is 6.45. The van der Waals surface area contributed by atoms with Crippen LogP contribution in [0.4, 0.5) is 5.69 Å². The van der Waals surface area contributed by atoms with Gasteiger partial charge in [-0.1, -0.05) is 37.3 Å². The Hall–Kier alpha value is -2.71. The summed E-state index contributed by atoms with van der Waals surface area (Å²) in [7, 11) is -2.44. The summed E-state index contributed by atoms with van der Waals surface area (Å²) >= 11 is 0. The number of sulfonamides is 1. The largest absolute Gasteiger partial charge is 0.350 e. The van der Waals surface area contributed by atoms with Crippen LogP contribution in [0.25, 0.3) is 0 Å². The lowest BCUT2D eigenvalue weighted by Crippen LogP contribution is -2.36. The van der Waals surface area contributed by atoms with Crippen molar-refractivity contribution in [1.82, 2.24) is 9.62 Å². The lowest BCUT2D eigenvalue weighted by Gasteiger charge is -2.18. The Morgan fingerprint density at radius 1 is 1.04 bits per heavy atom. The second-order valence-corrected chi connectivity index (χ2v) is 8.50. The first-order valence-corrected chi connectivity index (χ1v) is 10.4. The van der Waals surface area contributed by atoms with Gasteiger partial charge in [0.1, 0.15) is 0 Å². The van der Waals surface area contributed by atoms with Crippen LogP contribution in [0.1, 0.15) is 30.6 Å². The lowest BCUT2D eigenvalue weighted by molar-refractivity contribution is -0.116. The first kappa shape index (κ1) is 21.6. The fourth-order valence-electron chi connectivity index (χ4n) is 2.44. The highest BCUT2D eigenvalue weighted by Crippen LogP contribution is 2.17. The zero-order valence-corrected chi connectivity index (χ0v) is 17.0. The molecule has 0 bridgehead atoms. The molecule has 2 aromatic carbocycles. The van der Waals surface area contributed by atoms with Gasteiger partial charge in [-0.2, -0.15) is 4.31 Å². The first-order valence-electron chi connectivity index (χ1n) is 8.96. The van der Waals surface area contributed by atoms with E-state index in [0.29, 0.717) is 11.3 Å². The zero-order valence-electron chi connectivity index (χ0n) is 16.2. The van der Waals surface area contributed by atoms with Gasteiger partial charge in [-0.15, -0.1) is 0 Å². The molecule has 2 rings (SSSR count). The van der Waals surface area contributed by atoms with E-state index in [-0.39, 0.29) is 23.4 Å². The van der Waals surface area contributed by atoms with Crippen LogP contribution in [0.3, 0.4) is 0 Å². The van der Waals surface area contributed by atoms with Crippen molar-refractivity contribution in [2.24, 2.45) is 0 Å². The highest BCUT2D eigenvalue weighted by molar-refractivity contribution is 7.89. The Morgan fingerprint density at radius 2 is 1.64 bits per heavy atom. The van der Waals surface area contributed by atoms with E-state index >= 15 is 0 Å². The number of hydrogen-bond donors (Lipinski definition) is 2. The molecular weight excluding hydrogens is 378 g/mol. The summed E-state index contributed by atoms with van der Waals surface area (Å²) in [6.45, 7) is 3.47. The molecule has 0 aliphatic carbocycles. The van der Waals surface area contributed by atoms with Gasteiger partial charge in [-0.25, -0.2) is 8.42 Å². The molecule has 0 unspecified atom stereocenters. The quantitative estimate of drug-likeness (QED) is 0.708. The molecule has 0 aliphatic heterocycles. The first-order chi connectivity index (χ1) is 13.3. The summed E-state index contributed by atoms with van der Waals surface area (Å²) in [5.41, 5.74) is 0.656. The molecule has 2 N–H and O–H groups in total. The van der Waals surface area contributed by atoms with Crippen LogP contribution in [0, 0.1) is 0 Å². The van der Waals surface area contributed by atoms with Crippen LogP contribution in [0.5, 0.6) is 0 Å². The fourth-order valence-corrected chi connectivity index (χ4v) is 3.59. The lowest BCUT2D eigenvalue weighted by atomic mass is 10.1. The molecule has 1 atom stereocenters. The molecule has 0 aliphatic rings. The number of amides is 2. The molecule has 0 heterocycles. The summed E-state index contributed by atoms with van der Waals surface area (Å²) in [6, 6.07) is 14.5. The van der Waals surface area contributed by atoms with Crippen LogP contribution in [-0.2, 0) is 14.8 Å². The maximum Gasteiger partial charge on any atom is 0.253 e. The van der Waals surface area contributed by atoms with Crippen molar-refractivity contribution in [2.45, 2.75) is 31.2 Å².